The van der Waals surface area contributed by atoms with Crippen LogP contribution in [0.2, 0.25) is 0 Å². The minimum atomic E-state index is 0.609. The van der Waals surface area contributed by atoms with Crippen LogP contribution >= 0.6 is 11.3 Å². The molecular weight excluding hydrogens is 296 g/mol. The molecule has 5 nitrogen and oxygen atoms in total. The lowest BCUT2D eigenvalue weighted by Crippen LogP contribution is -2.34. The number of aromatic nitrogens is 3. The highest BCUT2D eigenvalue weighted by Crippen LogP contribution is 2.36. The largest absolute Gasteiger partial charge is 0.481 e. The van der Waals surface area contributed by atoms with E-state index in [1.54, 1.807) is 19.4 Å². The first-order chi connectivity index (χ1) is 10.8. The van der Waals surface area contributed by atoms with Crippen LogP contribution in [0.4, 0.5) is 5.95 Å². The average Bonchev–Trinajstić information content (AvgIpc) is 3.17. The summed E-state index contributed by atoms with van der Waals surface area (Å²) in [6.07, 6.45) is 7.74. The number of piperidine rings is 1. The number of aryl methyl sites for hydroxylation is 2. The fourth-order valence-corrected chi connectivity index (χ4v) is 4.63. The van der Waals surface area contributed by atoms with E-state index in [4.69, 9.17) is 9.72 Å². The van der Waals surface area contributed by atoms with E-state index in [1.807, 2.05) is 11.3 Å². The van der Waals surface area contributed by atoms with Crippen LogP contribution in [-0.2, 0) is 12.8 Å². The Bertz CT molecular complexity index is 642. The summed E-state index contributed by atoms with van der Waals surface area (Å²) in [7, 11) is 1.64. The highest BCUT2D eigenvalue weighted by Gasteiger charge is 2.26. The summed E-state index contributed by atoms with van der Waals surface area (Å²) in [5.41, 5.74) is 1.37. The van der Waals surface area contributed by atoms with Gasteiger partial charge in [-0.25, -0.2) is 9.97 Å². The van der Waals surface area contributed by atoms with E-state index in [9.17, 15) is 0 Å². The maximum absolute atomic E-state index is 5.18. The quantitative estimate of drug-likeness (QED) is 0.871. The number of rotatable bonds is 3. The molecule has 3 heterocycles. The Morgan fingerprint density at radius 1 is 1.23 bits per heavy atom. The Morgan fingerprint density at radius 3 is 2.86 bits per heavy atom. The highest BCUT2D eigenvalue weighted by molar-refractivity contribution is 7.11. The summed E-state index contributed by atoms with van der Waals surface area (Å²) in [4.78, 5) is 17.5. The fraction of sp³-hybridized carbons (Fsp3) is 0.562. The van der Waals surface area contributed by atoms with E-state index in [1.165, 1.54) is 34.8 Å². The Balaban J connectivity index is 1.43. The summed E-state index contributed by atoms with van der Waals surface area (Å²) in [5.74, 6) is 2.01. The van der Waals surface area contributed by atoms with Crippen molar-refractivity contribution in [2.45, 2.75) is 38.0 Å². The van der Waals surface area contributed by atoms with Crippen molar-refractivity contribution < 1.29 is 4.74 Å². The zero-order valence-electron chi connectivity index (χ0n) is 12.8. The van der Waals surface area contributed by atoms with Gasteiger partial charge in [-0.3, -0.25) is 0 Å². The molecule has 1 aliphatic heterocycles. The van der Waals surface area contributed by atoms with Gasteiger partial charge in [0.05, 0.1) is 17.8 Å². The van der Waals surface area contributed by atoms with Crippen molar-refractivity contribution in [1.82, 2.24) is 15.0 Å². The van der Waals surface area contributed by atoms with Crippen molar-refractivity contribution in [2.24, 2.45) is 0 Å². The highest BCUT2D eigenvalue weighted by atomic mass is 32.1. The minimum absolute atomic E-state index is 0.609. The van der Waals surface area contributed by atoms with Gasteiger partial charge in [-0.1, -0.05) is 0 Å². The van der Waals surface area contributed by atoms with E-state index in [2.05, 4.69) is 14.9 Å². The molecule has 0 radical (unpaired) electrons. The first kappa shape index (κ1) is 13.9. The van der Waals surface area contributed by atoms with Crippen molar-refractivity contribution in [2.75, 3.05) is 25.1 Å². The summed E-state index contributed by atoms with van der Waals surface area (Å²) >= 11 is 1.95. The van der Waals surface area contributed by atoms with Crippen LogP contribution < -0.4 is 9.64 Å². The van der Waals surface area contributed by atoms with Crippen LogP contribution in [0.15, 0.2) is 12.3 Å². The van der Waals surface area contributed by atoms with Crippen LogP contribution in [-0.4, -0.2) is 35.2 Å². The summed E-state index contributed by atoms with van der Waals surface area (Å²) in [6, 6.07) is 1.79. The number of fused-ring (bicyclic) bond motifs is 1. The van der Waals surface area contributed by atoms with Gasteiger partial charge in [0.1, 0.15) is 0 Å². The van der Waals surface area contributed by atoms with Gasteiger partial charge in [0.2, 0.25) is 11.8 Å². The normalized spacial score (nSPS) is 18.5. The maximum atomic E-state index is 5.18. The molecule has 6 heteroatoms. The molecule has 0 spiro atoms. The number of nitrogens with zero attached hydrogens (tertiary/aromatic N) is 4. The van der Waals surface area contributed by atoms with Gasteiger partial charge >= 0.3 is 0 Å². The van der Waals surface area contributed by atoms with E-state index in [0.29, 0.717) is 11.8 Å². The summed E-state index contributed by atoms with van der Waals surface area (Å²) in [6.45, 7) is 1.98. The molecule has 116 valence electrons. The van der Waals surface area contributed by atoms with Crippen LogP contribution in [0, 0.1) is 0 Å². The van der Waals surface area contributed by atoms with Gasteiger partial charge in [-0.2, -0.15) is 4.98 Å². The number of ether oxygens (including phenoxy) is 1. The topological polar surface area (TPSA) is 51.1 Å². The number of thiazole rings is 1. The zero-order valence-corrected chi connectivity index (χ0v) is 13.6. The fourth-order valence-electron chi connectivity index (χ4n) is 3.31. The second-order valence-corrected chi connectivity index (χ2v) is 7.05. The van der Waals surface area contributed by atoms with Crippen LogP contribution in [0.1, 0.15) is 40.8 Å². The number of methoxy groups -OCH3 is 1. The Kier molecular flexibility index (Phi) is 3.70. The Hall–Kier alpha value is -1.69. The molecule has 4 rings (SSSR count). The standard InChI is InChI=1S/C16H20N4OS/c1-21-14-5-8-17-16(19-14)20-9-6-11(7-10-20)15-18-12-3-2-4-13(12)22-15/h5,8,11H,2-4,6-7,9-10H2,1H3. The molecule has 0 saturated carbocycles. The SMILES string of the molecule is COc1ccnc(N2CCC(c3nc4c(s3)CCC4)CC2)n1. The molecule has 0 bridgehead atoms. The smallest absolute Gasteiger partial charge is 0.228 e. The maximum Gasteiger partial charge on any atom is 0.228 e. The molecule has 0 atom stereocenters. The molecule has 2 aromatic rings. The predicted octanol–water partition coefficient (Wildman–Crippen LogP) is 2.81. The second-order valence-electron chi connectivity index (χ2n) is 5.94. The van der Waals surface area contributed by atoms with Crippen molar-refractivity contribution in [3.63, 3.8) is 0 Å². The minimum Gasteiger partial charge on any atom is -0.481 e. The zero-order chi connectivity index (χ0) is 14.9. The number of anilines is 1. The van der Waals surface area contributed by atoms with Gasteiger partial charge in [-0.15, -0.1) is 11.3 Å². The lowest BCUT2D eigenvalue weighted by atomic mass is 9.98. The van der Waals surface area contributed by atoms with E-state index in [-0.39, 0.29) is 0 Å². The van der Waals surface area contributed by atoms with Gasteiger partial charge < -0.3 is 9.64 Å². The molecule has 0 N–H and O–H groups in total. The van der Waals surface area contributed by atoms with E-state index >= 15 is 0 Å². The molecule has 2 aliphatic rings. The molecule has 0 aromatic carbocycles. The molecular formula is C16H20N4OS. The molecule has 22 heavy (non-hydrogen) atoms. The monoisotopic (exact) mass is 316 g/mol. The van der Waals surface area contributed by atoms with E-state index < -0.39 is 0 Å². The van der Waals surface area contributed by atoms with E-state index in [0.717, 1.165) is 31.9 Å². The number of hydrogen-bond donors (Lipinski definition) is 0. The molecule has 1 aliphatic carbocycles. The van der Waals surface area contributed by atoms with Crippen LogP contribution in [0.25, 0.3) is 0 Å². The van der Waals surface area contributed by atoms with Gasteiger partial charge in [0.15, 0.2) is 0 Å². The van der Waals surface area contributed by atoms with Crippen molar-refractivity contribution in [1.29, 1.82) is 0 Å². The van der Waals surface area contributed by atoms with Crippen LogP contribution in [0.3, 0.4) is 0 Å². The Morgan fingerprint density at radius 2 is 2.09 bits per heavy atom. The lowest BCUT2D eigenvalue weighted by molar-refractivity contribution is 0.395. The van der Waals surface area contributed by atoms with Crippen molar-refractivity contribution in [3.05, 3.63) is 27.8 Å². The first-order valence-electron chi connectivity index (χ1n) is 7.94. The molecule has 1 fully saturated rings. The summed E-state index contributed by atoms with van der Waals surface area (Å²) < 4.78 is 5.18. The van der Waals surface area contributed by atoms with Gasteiger partial charge in [-0.05, 0) is 32.1 Å². The van der Waals surface area contributed by atoms with Gasteiger partial charge in [0.25, 0.3) is 0 Å². The first-order valence-corrected chi connectivity index (χ1v) is 8.75. The lowest BCUT2D eigenvalue weighted by Gasteiger charge is -2.31. The number of hydrogen-bond acceptors (Lipinski definition) is 6. The van der Waals surface area contributed by atoms with Crippen molar-refractivity contribution >= 4 is 17.3 Å². The summed E-state index contributed by atoms with van der Waals surface area (Å²) in [5, 5.41) is 1.36. The molecule has 2 aromatic heterocycles. The molecule has 1 saturated heterocycles. The van der Waals surface area contributed by atoms with Gasteiger partial charge in [0, 0.05) is 36.1 Å². The van der Waals surface area contributed by atoms with Crippen LogP contribution in [0.5, 0.6) is 5.88 Å². The third kappa shape index (κ3) is 2.56. The predicted molar refractivity (Wildman–Crippen MR) is 86.9 cm³/mol. The average molecular weight is 316 g/mol. The molecule has 0 amide bonds. The second kappa shape index (κ2) is 5.83. The third-order valence-electron chi connectivity index (χ3n) is 4.57. The molecule has 0 unspecified atom stereocenters. The van der Waals surface area contributed by atoms with Crippen molar-refractivity contribution in [3.8, 4) is 5.88 Å². The third-order valence-corrected chi connectivity index (χ3v) is 5.89. The Labute approximate surface area is 134 Å².